The summed E-state index contributed by atoms with van der Waals surface area (Å²) in [5.74, 6) is 1.66. The summed E-state index contributed by atoms with van der Waals surface area (Å²) in [6.07, 6.45) is 5.53. The lowest BCUT2D eigenvalue weighted by molar-refractivity contribution is 0.0531. The Labute approximate surface area is 106 Å². The Morgan fingerprint density at radius 3 is 2.71 bits per heavy atom. The van der Waals surface area contributed by atoms with Gasteiger partial charge < -0.3 is 9.64 Å². The van der Waals surface area contributed by atoms with Crippen molar-refractivity contribution in [3.05, 3.63) is 5.82 Å². The van der Waals surface area contributed by atoms with Gasteiger partial charge in [0.25, 0.3) is 0 Å². The van der Waals surface area contributed by atoms with Crippen molar-refractivity contribution in [2.75, 3.05) is 24.6 Å². The average Bonchev–Trinajstić information content (AvgIpc) is 3.00. The van der Waals surface area contributed by atoms with Gasteiger partial charge in [0.1, 0.15) is 5.82 Å². The van der Waals surface area contributed by atoms with Crippen molar-refractivity contribution in [3.8, 4) is 0 Å². The van der Waals surface area contributed by atoms with Crippen LogP contribution in [0.2, 0.25) is 0 Å². The highest BCUT2D eigenvalue weighted by Crippen LogP contribution is 2.31. The highest BCUT2D eigenvalue weighted by Gasteiger charge is 2.30. The second-order valence-corrected chi connectivity index (χ2v) is 5.73. The molecule has 3 rings (SSSR count). The monoisotopic (exact) mass is 253 g/mol. The van der Waals surface area contributed by atoms with Crippen LogP contribution in [-0.4, -0.2) is 35.2 Å². The third-order valence-electron chi connectivity index (χ3n) is 3.82. The zero-order valence-electron chi connectivity index (χ0n) is 10.3. The minimum atomic E-state index is 0.535. The molecule has 0 N–H and O–H groups in total. The number of anilines is 1. The van der Waals surface area contributed by atoms with Gasteiger partial charge in [0.05, 0.1) is 6.10 Å². The van der Waals surface area contributed by atoms with Crippen LogP contribution in [0.1, 0.15) is 31.5 Å². The highest BCUT2D eigenvalue weighted by atomic mass is 32.1. The number of ether oxygens (including phenoxy) is 1. The molecule has 0 aliphatic carbocycles. The van der Waals surface area contributed by atoms with Crippen molar-refractivity contribution in [1.29, 1.82) is 0 Å². The Bertz CT molecular complexity index is 368. The first-order valence-corrected chi connectivity index (χ1v) is 7.27. The van der Waals surface area contributed by atoms with Crippen LogP contribution in [0.25, 0.3) is 0 Å². The summed E-state index contributed by atoms with van der Waals surface area (Å²) >= 11 is 1.52. The van der Waals surface area contributed by atoms with Gasteiger partial charge in [-0.1, -0.05) is 0 Å². The van der Waals surface area contributed by atoms with Crippen molar-refractivity contribution in [2.45, 2.75) is 38.7 Å². The van der Waals surface area contributed by atoms with Crippen LogP contribution < -0.4 is 4.90 Å². The number of aryl methyl sites for hydroxylation is 1. The molecule has 0 bridgehead atoms. The zero-order valence-corrected chi connectivity index (χ0v) is 11.1. The van der Waals surface area contributed by atoms with Crippen molar-refractivity contribution in [1.82, 2.24) is 9.36 Å². The molecule has 94 valence electrons. The second-order valence-electron chi connectivity index (χ2n) is 5.00. The Kier molecular flexibility index (Phi) is 3.29. The van der Waals surface area contributed by atoms with Crippen LogP contribution in [0.5, 0.6) is 0 Å². The second kappa shape index (κ2) is 4.90. The number of aromatic nitrogens is 2. The highest BCUT2D eigenvalue weighted by molar-refractivity contribution is 7.09. The van der Waals surface area contributed by atoms with Crippen molar-refractivity contribution in [2.24, 2.45) is 5.92 Å². The Balaban J connectivity index is 1.56. The van der Waals surface area contributed by atoms with Gasteiger partial charge in [-0.15, -0.1) is 0 Å². The maximum Gasteiger partial charge on any atom is 0.205 e. The van der Waals surface area contributed by atoms with Crippen LogP contribution in [0.3, 0.4) is 0 Å². The molecule has 2 fully saturated rings. The minimum Gasteiger partial charge on any atom is -0.378 e. The maximum absolute atomic E-state index is 5.79. The summed E-state index contributed by atoms with van der Waals surface area (Å²) in [6.45, 7) is 5.15. The fourth-order valence-corrected chi connectivity index (χ4v) is 3.58. The molecule has 0 spiro atoms. The van der Waals surface area contributed by atoms with E-state index >= 15 is 0 Å². The number of rotatable bonds is 2. The maximum atomic E-state index is 5.79. The smallest absolute Gasteiger partial charge is 0.205 e. The molecule has 2 aliphatic rings. The molecule has 2 saturated heterocycles. The molecule has 0 saturated carbocycles. The van der Waals surface area contributed by atoms with Gasteiger partial charge in [-0.2, -0.15) is 4.37 Å². The van der Waals surface area contributed by atoms with Gasteiger partial charge in [0, 0.05) is 31.2 Å². The predicted molar refractivity (Wildman–Crippen MR) is 68.6 cm³/mol. The molecule has 0 aromatic carbocycles. The van der Waals surface area contributed by atoms with Crippen LogP contribution in [0, 0.1) is 12.8 Å². The summed E-state index contributed by atoms with van der Waals surface area (Å²) in [7, 11) is 0. The average molecular weight is 253 g/mol. The van der Waals surface area contributed by atoms with Gasteiger partial charge in [0.15, 0.2) is 0 Å². The van der Waals surface area contributed by atoms with Crippen molar-refractivity contribution < 1.29 is 4.74 Å². The van der Waals surface area contributed by atoms with Gasteiger partial charge in [0.2, 0.25) is 5.13 Å². The molecule has 5 heteroatoms. The number of nitrogens with zero attached hydrogens (tertiary/aromatic N) is 3. The third kappa shape index (κ3) is 2.45. The summed E-state index contributed by atoms with van der Waals surface area (Å²) in [5.41, 5.74) is 0. The zero-order chi connectivity index (χ0) is 11.7. The van der Waals surface area contributed by atoms with E-state index in [0.29, 0.717) is 6.10 Å². The first-order chi connectivity index (χ1) is 8.33. The number of hydrogen-bond donors (Lipinski definition) is 0. The molecule has 0 radical (unpaired) electrons. The lowest BCUT2D eigenvalue weighted by Crippen LogP contribution is -2.37. The molecule has 1 unspecified atom stereocenters. The SMILES string of the molecule is Cc1nsc(N2CCC(C3CCCO3)CC2)n1. The van der Waals surface area contributed by atoms with E-state index in [1.165, 1.54) is 37.2 Å². The fraction of sp³-hybridized carbons (Fsp3) is 0.833. The molecule has 4 nitrogen and oxygen atoms in total. The van der Waals surface area contributed by atoms with Crippen molar-refractivity contribution in [3.63, 3.8) is 0 Å². The van der Waals surface area contributed by atoms with E-state index in [-0.39, 0.29) is 0 Å². The number of hydrogen-bond acceptors (Lipinski definition) is 5. The van der Waals surface area contributed by atoms with Crippen LogP contribution in [0.15, 0.2) is 0 Å². The van der Waals surface area contributed by atoms with Crippen LogP contribution in [-0.2, 0) is 4.74 Å². The largest absolute Gasteiger partial charge is 0.378 e. The van der Waals surface area contributed by atoms with Gasteiger partial charge >= 0.3 is 0 Å². The third-order valence-corrected chi connectivity index (χ3v) is 4.69. The Morgan fingerprint density at radius 2 is 2.12 bits per heavy atom. The van der Waals surface area contributed by atoms with E-state index in [1.807, 2.05) is 6.92 Å². The summed E-state index contributed by atoms with van der Waals surface area (Å²) < 4.78 is 10.0. The van der Waals surface area contributed by atoms with E-state index < -0.39 is 0 Å². The molecule has 2 aliphatic heterocycles. The normalized spacial score (nSPS) is 26.6. The van der Waals surface area contributed by atoms with Crippen LogP contribution >= 0.6 is 11.5 Å². The molecule has 1 aromatic rings. The minimum absolute atomic E-state index is 0.535. The van der Waals surface area contributed by atoms with Crippen LogP contribution in [0.4, 0.5) is 5.13 Å². The molecule has 1 atom stereocenters. The number of piperidine rings is 1. The molecular weight excluding hydrogens is 234 g/mol. The molecule has 17 heavy (non-hydrogen) atoms. The van der Waals surface area contributed by atoms with E-state index in [4.69, 9.17) is 4.74 Å². The standard InChI is InChI=1S/C12H19N3OS/c1-9-13-12(17-14-9)15-6-4-10(5-7-15)11-3-2-8-16-11/h10-11H,2-8H2,1H3. The van der Waals surface area contributed by atoms with Gasteiger partial charge in [-0.25, -0.2) is 4.98 Å². The summed E-state index contributed by atoms with van der Waals surface area (Å²) in [5, 5.41) is 1.09. The Hall–Kier alpha value is -0.680. The Morgan fingerprint density at radius 1 is 1.29 bits per heavy atom. The molecule has 3 heterocycles. The van der Waals surface area contributed by atoms with E-state index in [0.717, 1.165) is 36.6 Å². The lowest BCUT2D eigenvalue weighted by atomic mass is 9.90. The molecule has 0 amide bonds. The summed E-state index contributed by atoms with van der Waals surface area (Å²) in [4.78, 5) is 6.83. The quantitative estimate of drug-likeness (QED) is 0.810. The molecule has 1 aromatic heterocycles. The molecular formula is C12H19N3OS. The van der Waals surface area contributed by atoms with Crippen molar-refractivity contribution >= 4 is 16.7 Å². The van der Waals surface area contributed by atoms with Gasteiger partial charge in [-0.05, 0) is 38.5 Å². The predicted octanol–water partition coefficient (Wildman–Crippen LogP) is 2.24. The first kappa shape index (κ1) is 11.4. The lowest BCUT2D eigenvalue weighted by Gasteiger charge is -2.33. The van der Waals surface area contributed by atoms with E-state index in [1.54, 1.807) is 0 Å². The van der Waals surface area contributed by atoms with Gasteiger partial charge in [-0.3, -0.25) is 0 Å². The first-order valence-electron chi connectivity index (χ1n) is 6.50. The summed E-state index contributed by atoms with van der Waals surface area (Å²) in [6, 6.07) is 0. The van der Waals surface area contributed by atoms with E-state index in [9.17, 15) is 0 Å². The topological polar surface area (TPSA) is 38.2 Å². The van der Waals surface area contributed by atoms with E-state index in [2.05, 4.69) is 14.3 Å². The fourth-order valence-electron chi connectivity index (χ4n) is 2.85.